The molecule has 0 spiro atoms. The van der Waals surface area contributed by atoms with E-state index >= 15 is 0 Å². The zero-order valence-electron chi connectivity index (χ0n) is 16.8. The van der Waals surface area contributed by atoms with Crippen LogP contribution in [0.2, 0.25) is 5.02 Å². The fourth-order valence-corrected chi connectivity index (χ4v) is 3.34. The fourth-order valence-electron chi connectivity index (χ4n) is 3.22. The minimum Gasteiger partial charge on any atom is -0.351 e. The number of nitrogens with one attached hydrogen (secondary N) is 1. The van der Waals surface area contributed by atoms with Gasteiger partial charge in [-0.2, -0.15) is 0 Å². The van der Waals surface area contributed by atoms with Gasteiger partial charge < -0.3 is 10.2 Å². The topological polar surface area (TPSA) is 62.3 Å². The average molecular weight is 422 g/mol. The van der Waals surface area contributed by atoms with Gasteiger partial charge in [0.15, 0.2) is 0 Å². The monoisotopic (exact) mass is 421 g/mol. The highest BCUT2D eigenvalue weighted by Gasteiger charge is 2.22. The van der Waals surface area contributed by atoms with Gasteiger partial charge in [0.05, 0.1) is 0 Å². The molecule has 0 aliphatic rings. The molecular formula is C24H24ClN3O2. The molecule has 1 heterocycles. The lowest BCUT2D eigenvalue weighted by Gasteiger charge is -2.29. The van der Waals surface area contributed by atoms with Gasteiger partial charge in [0.2, 0.25) is 0 Å². The van der Waals surface area contributed by atoms with E-state index in [1.807, 2.05) is 42.5 Å². The molecule has 6 heteroatoms. The lowest BCUT2D eigenvalue weighted by atomic mass is 10.0. The summed E-state index contributed by atoms with van der Waals surface area (Å²) in [5.74, 6) is -0.275. The molecule has 1 aromatic heterocycles. The van der Waals surface area contributed by atoms with Gasteiger partial charge in [0, 0.05) is 36.4 Å². The summed E-state index contributed by atoms with van der Waals surface area (Å²) in [7, 11) is 1.80. The van der Waals surface area contributed by atoms with Crippen LogP contribution in [-0.2, 0) is 6.42 Å². The number of hydrogen-bond acceptors (Lipinski definition) is 3. The van der Waals surface area contributed by atoms with E-state index in [-0.39, 0.29) is 17.9 Å². The van der Waals surface area contributed by atoms with Crippen LogP contribution in [0.5, 0.6) is 0 Å². The molecule has 2 amide bonds. The third-order valence-corrected chi connectivity index (χ3v) is 5.19. The maximum absolute atomic E-state index is 13.0. The number of aromatic nitrogens is 1. The number of amides is 2. The van der Waals surface area contributed by atoms with Crippen molar-refractivity contribution in [3.63, 3.8) is 0 Å². The van der Waals surface area contributed by atoms with Crippen LogP contribution >= 0.6 is 11.6 Å². The van der Waals surface area contributed by atoms with E-state index in [0.717, 1.165) is 5.56 Å². The van der Waals surface area contributed by atoms with Crippen molar-refractivity contribution < 1.29 is 9.59 Å². The number of carbonyl (C=O) groups excluding carboxylic acids is 2. The van der Waals surface area contributed by atoms with Crippen LogP contribution in [0, 0.1) is 0 Å². The summed E-state index contributed by atoms with van der Waals surface area (Å²) in [6.07, 6.45) is 2.85. The Kier molecular flexibility index (Phi) is 7.57. The SMILES string of the molecule is CN(C(=O)c1ccccc1)[C@H](CCNC(=O)c1ccccn1)Cc1ccc(Cl)cc1. The fraction of sp³-hybridized carbons (Fsp3) is 0.208. The first-order chi connectivity index (χ1) is 14.5. The van der Waals surface area contributed by atoms with Gasteiger partial charge >= 0.3 is 0 Å². The lowest BCUT2D eigenvalue weighted by Crippen LogP contribution is -2.41. The minimum atomic E-state index is -0.224. The number of carbonyl (C=O) groups is 2. The van der Waals surface area contributed by atoms with Crippen LogP contribution < -0.4 is 5.32 Å². The van der Waals surface area contributed by atoms with Gasteiger partial charge in [-0.05, 0) is 54.8 Å². The standard InChI is InChI=1S/C24H24ClN3O2/c1-28(24(30)19-7-3-2-4-8-19)21(17-18-10-12-20(25)13-11-18)14-16-27-23(29)22-9-5-6-15-26-22/h2-13,15,21H,14,16-17H2,1H3,(H,27,29)/t21-/m1/s1. The molecule has 0 radical (unpaired) electrons. The van der Waals surface area contributed by atoms with Crippen molar-refractivity contribution in [1.82, 2.24) is 15.2 Å². The summed E-state index contributed by atoms with van der Waals surface area (Å²) < 4.78 is 0. The lowest BCUT2D eigenvalue weighted by molar-refractivity contribution is 0.0723. The second-order valence-electron chi connectivity index (χ2n) is 7.03. The van der Waals surface area contributed by atoms with E-state index in [0.29, 0.717) is 35.7 Å². The number of likely N-dealkylation sites (N-methyl/N-ethyl adjacent to an activating group) is 1. The predicted molar refractivity (Wildman–Crippen MR) is 119 cm³/mol. The Morgan fingerprint density at radius 1 is 1.00 bits per heavy atom. The summed E-state index contributed by atoms with van der Waals surface area (Å²) >= 11 is 6.00. The maximum Gasteiger partial charge on any atom is 0.269 e. The molecule has 30 heavy (non-hydrogen) atoms. The Morgan fingerprint density at radius 3 is 2.37 bits per heavy atom. The Labute approximate surface area is 181 Å². The van der Waals surface area contributed by atoms with E-state index in [2.05, 4.69) is 10.3 Å². The molecule has 0 aliphatic carbocycles. The molecule has 5 nitrogen and oxygen atoms in total. The molecule has 1 N–H and O–H groups in total. The third-order valence-electron chi connectivity index (χ3n) is 4.93. The molecular weight excluding hydrogens is 398 g/mol. The van der Waals surface area contributed by atoms with Crippen LogP contribution in [0.3, 0.4) is 0 Å². The quantitative estimate of drug-likeness (QED) is 0.591. The van der Waals surface area contributed by atoms with Crippen LogP contribution in [-0.4, -0.2) is 41.3 Å². The number of benzene rings is 2. The highest BCUT2D eigenvalue weighted by molar-refractivity contribution is 6.30. The van der Waals surface area contributed by atoms with Gasteiger partial charge in [-0.15, -0.1) is 0 Å². The summed E-state index contributed by atoms with van der Waals surface area (Å²) in [6, 6.07) is 21.9. The summed E-state index contributed by atoms with van der Waals surface area (Å²) in [4.78, 5) is 31.0. The van der Waals surface area contributed by atoms with Crippen molar-refractivity contribution in [2.75, 3.05) is 13.6 Å². The van der Waals surface area contributed by atoms with Crippen LogP contribution in [0.1, 0.15) is 32.8 Å². The van der Waals surface area contributed by atoms with Gasteiger partial charge in [-0.1, -0.05) is 48.0 Å². The van der Waals surface area contributed by atoms with Crippen molar-refractivity contribution in [3.05, 3.63) is 101 Å². The first-order valence-electron chi connectivity index (χ1n) is 9.80. The summed E-state index contributed by atoms with van der Waals surface area (Å²) in [5, 5.41) is 3.57. The van der Waals surface area contributed by atoms with Gasteiger partial charge in [-0.25, -0.2) is 0 Å². The number of pyridine rings is 1. The molecule has 0 saturated heterocycles. The van der Waals surface area contributed by atoms with E-state index in [9.17, 15) is 9.59 Å². The van der Waals surface area contributed by atoms with E-state index in [1.165, 1.54) is 0 Å². The minimum absolute atomic E-state index is 0.0504. The zero-order valence-corrected chi connectivity index (χ0v) is 17.5. The smallest absolute Gasteiger partial charge is 0.269 e. The van der Waals surface area contributed by atoms with Crippen molar-refractivity contribution in [1.29, 1.82) is 0 Å². The highest BCUT2D eigenvalue weighted by atomic mass is 35.5. The number of rotatable bonds is 8. The first-order valence-corrected chi connectivity index (χ1v) is 10.2. The van der Waals surface area contributed by atoms with Gasteiger partial charge in [0.1, 0.15) is 5.69 Å². The van der Waals surface area contributed by atoms with Crippen molar-refractivity contribution in [2.24, 2.45) is 0 Å². The van der Waals surface area contributed by atoms with Crippen molar-refractivity contribution in [3.8, 4) is 0 Å². The number of nitrogens with zero attached hydrogens (tertiary/aromatic N) is 2. The average Bonchev–Trinajstić information content (AvgIpc) is 2.80. The first kappa shape index (κ1) is 21.5. The molecule has 3 aromatic rings. The molecule has 0 aliphatic heterocycles. The van der Waals surface area contributed by atoms with E-state index in [1.54, 1.807) is 48.5 Å². The molecule has 0 bridgehead atoms. The van der Waals surface area contributed by atoms with Crippen molar-refractivity contribution in [2.45, 2.75) is 18.9 Å². The largest absolute Gasteiger partial charge is 0.351 e. The second kappa shape index (κ2) is 10.6. The van der Waals surface area contributed by atoms with E-state index in [4.69, 9.17) is 11.6 Å². The third kappa shape index (κ3) is 5.91. The number of halogens is 1. The number of hydrogen-bond donors (Lipinski definition) is 1. The molecule has 2 aromatic carbocycles. The Morgan fingerprint density at radius 2 is 1.70 bits per heavy atom. The second-order valence-corrected chi connectivity index (χ2v) is 7.46. The van der Waals surface area contributed by atoms with Crippen molar-refractivity contribution >= 4 is 23.4 Å². The van der Waals surface area contributed by atoms with Gasteiger partial charge in [0.25, 0.3) is 11.8 Å². The summed E-state index contributed by atoms with van der Waals surface area (Å²) in [5.41, 5.74) is 2.09. The van der Waals surface area contributed by atoms with E-state index < -0.39 is 0 Å². The van der Waals surface area contributed by atoms with Crippen LogP contribution in [0.4, 0.5) is 0 Å². The molecule has 0 unspecified atom stereocenters. The van der Waals surface area contributed by atoms with Crippen LogP contribution in [0.25, 0.3) is 0 Å². The normalized spacial score (nSPS) is 11.5. The highest BCUT2D eigenvalue weighted by Crippen LogP contribution is 2.16. The maximum atomic E-state index is 13.0. The van der Waals surface area contributed by atoms with Gasteiger partial charge in [-0.3, -0.25) is 14.6 Å². The molecule has 3 rings (SSSR count). The molecule has 154 valence electrons. The summed E-state index contributed by atoms with van der Waals surface area (Å²) in [6.45, 7) is 0.431. The molecule has 1 atom stereocenters. The molecule has 0 fully saturated rings. The Hall–Kier alpha value is -3.18. The van der Waals surface area contributed by atoms with Crippen LogP contribution in [0.15, 0.2) is 79.0 Å². The Balaban J connectivity index is 1.69. The molecule has 0 saturated carbocycles. The zero-order chi connectivity index (χ0) is 21.3. The predicted octanol–water partition coefficient (Wildman–Crippen LogP) is 4.24. The Bertz CT molecular complexity index is 963.